The largest absolute Gasteiger partial charge is 0.495 e. The van der Waals surface area contributed by atoms with Gasteiger partial charge in [-0.05, 0) is 13.3 Å². The normalized spacial score (nSPS) is 12.4. The third kappa shape index (κ3) is 5.17. The van der Waals surface area contributed by atoms with Crippen LogP contribution < -0.4 is 19.1 Å². The van der Waals surface area contributed by atoms with Gasteiger partial charge < -0.3 is 14.8 Å². The first kappa shape index (κ1) is 20.4. The van der Waals surface area contributed by atoms with E-state index in [1.165, 1.54) is 26.4 Å². The number of hydrogen-bond acceptors (Lipinski definition) is 5. The number of hydrogen-bond donors (Lipinski definition) is 1. The molecule has 0 spiro atoms. The SMILES string of the molecule is CCC(C)NC(=O)CN(c1cc(OC)c(Cl)cc1OC)S(C)(=O)=O. The lowest BCUT2D eigenvalue weighted by atomic mass is 10.2. The topological polar surface area (TPSA) is 84.9 Å². The molecule has 1 atom stereocenters. The molecule has 0 radical (unpaired) electrons. The number of benzene rings is 1. The molecule has 1 aromatic carbocycles. The molecule has 1 amide bonds. The molecule has 0 aliphatic carbocycles. The molecular formula is C15H23ClN2O5S. The Morgan fingerprint density at radius 1 is 1.29 bits per heavy atom. The molecule has 0 aliphatic heterocycles. The quantitative estimate of drug-likeness (QED) is 0.748. The Morgan fingerprint density at radius 3 is 2.33 bits per heavy atom. The van der Waals surface area contributed by atoms with Crippen molar-refractivity contribution >= 4 is 33.2 Å². The lowest BCUT2D eigenvalue weighted by Crippen LogP contribution is -2.43. The van der Waals surface area contributed by atoms with Gasteiger partial charge >= 0.3 is 0 Å². The fraction of sp³-hybridized carbons (Fsp3) is 0.533. The second kappa shape index (κ2) is 8.43. The zero-order valence-electron chi connectivity index (χ0n) is 14.4. The highest BCUT2D eigenvalue weighted by Crippen LogP contribution is 2.38. The first-order valence-electron chi connectivity index (χ1n) is 7.32. The van der Waals surface area contributed by atoms with Crippen LogP contribution >= 0.6 is 11.6 Å². The standard InChI is InChI=1S/C15H23ClN2O5S/c1-6-10(2)17-15(19)9-18(24(5,20)21)12-8-13(22-3)11(16)7-14(12)23-4/h7-8,10H,6,9H2,1-5H3,(H,17,19). The number of methoxy groups -OCH3 is 2. The average molecular weight is 379 g/mol. The van der Waals surface area contributed by atoms with Crippen molar-refractivity contribution in [2.75, 3.05) is 31.3 Å². The van der Waals surface area contributed by atoms with Gasteiger partial charge in [0.2, 0.25) is 15.9 Å². The van der Waals surface area contributed by atoms with Gasteiger partial charge in [0.15, 0.2) is 0 Å². The molecule has 1 aromatic rings. The van der Waals surface area contributed by atoms with E-state index in [1.54, 1.807) is 0 Å². The van der Waals surface area contributed by atoms with Crippen molar-refractivity contribution in [3.05, 3.63) is 17.2 Å². The number of rotatable bonds is 8. The van der Waals surface area contributed by atoms with Gasteiger partial charge in [-0.2, -0.15) is 0 Å². The van der Waals surface area contributed by atoms with E-state index in [0.29, 0.717) is 0 Å². The number of sulfonamides is 1. The van der Waals surface area contributed by atoms with Crippen LogP contribution in [0.1, 0.15) is 20.3 Å². The molecule has 1 unspecified atom stereocenters. The van der Waals surface area contributed by atoms with Gasteiger partial charge in [0, 0.05) is 18.2 Å². The predicted molar refractivity (Wildman–Crippen MR) is 94.6 cm³/mol. The summed E-state index contributed by atoms with van der Waals surface area (Å²) < 4.78 is 35.7. The van der Waals surface area contributed by atoms with Gasteiger partial charge in [-0.1, -0.05) is 18.5 Å². The number of carbonyl (C=O) groups is 1. The highest BCUT2D eigenvalue weighted by atomic mass is 35.5. The van der Waals surface area contributed by atoms with E-state index in [4.69, 9.17) is 21.1 Å². The van der Waals surface area contributed by atoms with Gasteiger partial charge in [0.1, 0.15) is 18.0 Å². The van der Waals surface area contributed by atoms with Crippen LogP contribution in [-0.2, 0) is 14.8 Å². The van der Waals surface area contributed by atoms with E-state index in [1.807, 2.05) is 13.8 Å². The summed E-state index contributed by atoms with van der Waals surface area (Å²) in [6.07, 6.45) is 1.76. The fourth-order valence-corrected chi connectivity index (χ4v) is 3.06. The summed E-state index contributed by atoms with van der Waals surface area (Å²) in [7, 11) is -0.927. The monoisotopic (exact) mass is 378 g/mol. The zero-order valence-corrected chi connectivity index (χ0v) is 16.0. The minimum atomic E-state index is -3.73. The summed E-state index contributed by atoms with van der Waals surface area (Å²) in [5.41, 5.74) is 0.181. The summed E-state index contributed by atoms with van der Waals surface area (Å²) >= 11 is 6.04. The van der Waals surface area contributed by atoms with Crippen LogP contribution in [-0.4, -0.2) is 47.4 Å². The summed E-state index contributed by atoms with van der Waals surface area (Å²) in [6, 6.07) is 2.82. The van der Waals surface area contributed by atoms with Crippen LogP contribution in [0.25, 0.3) is 0 Å². The Hall–Kier alpha value is -1.67. The first-order chi connectivity index (χ1) is 11.1. The Bertz CT molecular complexity index is 693. The minimum Gasteiger partial charge on any atom is -0.495 e. The van der Waals surface area contributed by atoms with Crippen molar-refractivity contribution in [1.29, 1.82) is 0 Å². The van der Waals surface area contributed by atoms with E-state index >= 15 is 0 Å². The Labute approximate surface area is 147 Å². The van der Waals surface area contributed by atoms with Crippen LogP contribution in [0.5, 0.6) is 11.5 Å². The van der Waals surface area contributed by atoms with Gasteiger partial charge in [-0.3, -0.25) is 9.10 Å². The zero-order chi connectivity index (χ0) is 18.5. The molecule has 0 saturated carbocycles. The Morgan fingerprint density at radius 2 is 1.88 bits per heavy atom. The Kier molecular flexibility index (Phi) is 7.16. The second-order valence-corrected chi connectivity index (χ2v) is 7.62. The number of amides is 1. The highest BCUT2D eigenvalue weighted by Gasteiger charge is 2.26. The smallest absolute Gasteiger partial charge is 0.240 e. The van der Waals surface area contributed by atoms with Gasteiger partial charge in [0.05, 0.1) is 31.2 Å². The number of ether oxygens (including phenoxy) is 2. The van der Waals surface area contributed by atoms with Gasteiger partial charge in [0.25, 0.3) is 0 Å². The van der Waals surface area contributed by atoms with Crippen LogP contribution in [0.2, 0.25) is 5.02 Å². The number of nitrogens with zero attached hydrogens (tertiary/aromatic N) is 1. The van der Waals surface area contributed by atoms with Crippen LogP contribution in [0.15, 0.2) is 12.1 Å². The molecule has 0 saturated heterocycles. The van der Waals surface area contributed by atoms with E-state index < -0.39 is 15.9 Å². The molecule has 0 heterocycles. The molecule has 1 N–H and O–H groups in total. The predicted octanol–water partition coefficient (Wildman–Crippen LogP) is 2.04. The number of carbonyl (C=O) groups excluding carboxylic acids is 1. The fourth-order valence-electron chi connectivity index (χ4n) is 1.97. The molecule has 0 aliphatic rings. The molecule has 9 heteroatoms. The third-order valence-electron chi connectivity index (χ3n) is 3.43. The van der Waals surface area contributed by atoms with Crippen molar-refractivity contribution in [3.63, 3.8) is 0 Å². The first-order valence-corrected chi connectivity index (χ1v) is 9.55. The highest BCUT2D eigenvalue weighted by molar-refractivity contribution is 7.92. The van der Waals surface area contributed by atoms with Crippen molar-refractivity contribution in [3.8, 4) is 11.5 Å². The molecule has 136 valence electrons. The van der Waals surface area contributed by atoms with E-state index in [0.717, 1.165) is 17.0 Å². The Balaban J connectivity index is 3.30. The maximum absolute atomic E-state index is 12.2. The molecule has 0 bridgehead atoms. The number of nitrogens with one attached hydrogen (secondary N) is 1. The van der Waals surface area contributed by atoms with Crippen molar-refractivity contribution in [2.24, 2.45) is 0 Å². The minimum absolute atomic E-state index is 0.0550. The van der Waals surface area contributed by atoms with Crippen LogP contribution in [0, 0.1) is 0 Å². The second-order valence-electron chi connectivity index (χ2n) is 5.31. The maximum Gasteiger partial charge on any atom is 0.240 e. The lowest BCUT2D eigenvalue weighted by molar-refractivity contribution is -0.120. The molecular weight excluding hydrogens is 356 g/mol. The molecule has 7 nitrogen and oxygen atoms in total. The van der Waals surface area contributed by atoms with Crippen LogP contribution in [0.3, 0.4) is 0 Å². The average Bonchev–Trinajstić information content (AvgIpc) is 2.51. The van der Waals surface area contributed by atoms with E-state index in [2.05, 4.69) is 5.32 Å². The van der Waals surface area contributed by atoms with E-state index in [9.17, 15) is 13.2 Å². The van der Waals surface area contributed by atoms with Crippen LogP contribution in [0.4, 0.5) is 5.69 Å². The number of anilines is 1. The molecule has 0 fully saturated rings. The van der Waals surface area contributed by atoms with Gasteiger partial charge in [-0.15, -0.1) is 0 Å². The number of halogens is 1. The molecule has 0 aromatic heterocycles. The molecule has 24 heavy (non-hydrogen) atoms. The third-order valence-corrected chi connectivity index (χ3v) is 4.85. The van der Waals surface area contributed by atoms with Gasteiger partial charge in [-0.25, -0.2) is 8.42 Å². The summed E-state index contributed by atoms with van der Waals surface area (Å²) in [4.78, 5) is 12.1. The summed E-state index contributed by atoms with van der Waals surface area (Å²) in [5, 5.41) is 3.01. The summed E-state index contributed by atoms with van der Waals surface area (Å²) in [5.74, 6) is 0.0942. The summed E-state index contributed by atoms with van der Waals surface area (Å²) in [6.45, 7) is 3.39. The van der Waals surface area contributed by atoms with Crippen molar-refractivity contribution in [2.45, 2.75) is 26.3 Å². The lowest BCUT2D eigenvalue weighted by Gasteiger charge is -2.25. The maximum atomic E-state index is 12.2. The van der Waals surface area contributed by atoms with Crippen molar-refractivity contribution < 1.29 is 22.7 Å². The van der Waals surface area contributed by atoms with Crippen molar-refractivity contribution in [1.82, 2.24) is 5.32 Å². The molecule has 1 rings (SSSR count). The van der Waals surface area contributed by atoms with E-state index in [-0.39, 0.29) is 34.8 Å².